The van der Waals surface area contributed by atoms with Crippen molar-refractivity contribution in [3.05, 3.63) is 30.0 Å². The van der Waals surface area contributed by atoms with Crippen LogP contribution in [0.5, 0.6) is 0 Å². The summed E-state index contributed by atoms with van der Waals surface area (Å²) < 4.78 is 9.83. The zero-order valence-electron chi connectivity index (χ0n) is 16.8. The molecule has 0 aliphatic carbocycles. The lowest BCUT2D eigenvalue weighted by molar-refractivity contribution is 0.371. The van der Waals surface area contributed by atoms with Gasteiger partial charge < -0.3 is 19.5 Å². The predicted octanol–water partition coefficient (Wildman–Crippen LogP) is 3.42. The van der Waals surface area contributed by atoms with E-state index in [1.165, 1.54) is 11.5 Å². The second-order valence-electron chi connectivity index (χ2n) is 6.64. The average molecular weight is 518 g/mol. The van der Waals surface area contributed by atoms with Crippen LogP contribution in [0.4, 0.5) is 5.13 Å². The van der Waals surface area contributed by atoms with Gasteiger partial charge in [-0.05, 0) is 18.6 Å². The second-order valence-corrected chi connectivity index (χ2v) is 7.37. The lowest BCUT2D eigenvalue weighted by Crippen LogP contribution is -2.53. The van der Waals surface area contributed by atoms with E-state index in [-0.39, 0.29) is 24.0 Å². The van der Waals surface area contributed by atoms with Crippen LogP contribution in [0.25, 0.3) is 0 Å². The Morgan fingerprint density at radius 2 is 2.11 bits per heavy atom. The normalized spacial score (nSPS) is 14.9. The van der Waals surface area contributed by atoms with Crippen LogP contribution >= 0.6 is 35.5 Å². The lowest BCUT2D eigenvalue weighted by Gasteiger charge is -2.36. The molecule has 0 radical (unpaired) electrons. The van der Waals surface area contributed by atoms with Crippen LogP contribution in [0, 0.1) is 0 Å². The molecule has 1 fully saturated rings. The number of hydrogen-bond donors (Lipinski definition) is 1. The molecular formula is C19H31IN6OS. The number of anilines is 1. The number of aromatic nitrogens is 2. The average Bonchev–Trinajstić information content (AvgIpc) is 3.39. The molecule has 7 nitrogen and oxygen atoms in total. The largest absolute Gasteiger partial charge is 0.469 e. The van der Waals surface area contributed by atoms with Crippen molar-refractivity contribution >= 4 is 46.6 Å². The van der Waals surface area contributed by atoms with Crippen molar-refractivity contribution in [2.24, 2.45) is 4.99 Å². The van der Waals surface area contributed by atoms with E-state index < -0.39 is 0 Å². The van der Waals surface area contributed by atoms with Gasteiger partial charge in [-0.2, -0.15) is 4.37 Å². The summed E-state index contributed by atoms with van der Waals surface area (Å²) in [6.45, 7) is 9.78. The molecule has 0 amide bonds. The number of guanidine groups is 1. The van der Waals surface area contributed by atoms with Gasteiger partial charge in [-0.25, -0.2) is 4.98 Å². The molecule has 0 aromatic carbocycles. The van der Waals surface area contributed by atoms with Crippen LogP contribution < -0.4 is 10.2 Å². The maximum absolute atomic E-state index is 5.42. The molecule has 2 aromatic heterocycles. The summed E-state index contributed by atoms with van der Waals surface area (Å²) in [4.78, 5) is 14.1. The van der Waals surface area contributed by atoms with Crippen molar-refractivity contribution < 1.29 is 4.42 Å². The molecule has 1 aliphatic heterocycles. The van der Waals surface area contributed by atoms with Crippen molar-refractivity contribution in [2.45, 2.75) is 39.5 Å². The molecule has 0 saturated carbocycles. The maximum atomic E-state index is 5.42. The smallest absolute Gasteiger partial charge is 0.205 e. The summed E-state index contributed by atoms with van der Waals surface area (Å²) in [6.07, 6.45) is 5.76. The van der Waals surface area contributed by atoms with E-state index in [1.807, 2.05) is 12.1 Å². The predicted molar refractivity (Wildman–Crippen MR) is 126 cm³/mol. The number of nitrogens with zero attached hydrogens (tertiary/aromatic N) is 5. The Morgan fingerprint density at radius 1 is 1.29 bits per heavy atom. The maximum Gasteiger partial charge on any atom is 0.205 e. The summed E-state index contributed by atoms with van der Waals surface area (Å²) >= 11 is 1.51. The van der Waals surface area contributed by atoms with Gasteiger partial charge in [0.1, 0.15) is 11.6 Å². The Kier molecular flexibility index (Phi) is 10.0. The molecule has 156 valence electrons. The van der Waals surface area contributed by atoms with Gasteiger partial charge in [0, 0.05) is 63.6 Å². The zero-order chi connectivity index (χ0) is 18.9. The molecule has 3 heterocycles. The molecule has 9 heteroatoms. The minimum absolute atomic E-state index is 0. The Balaban J connectivity index is 0.00000280. The zero-order valence-corrected chi connectivity index (χ0v) is 19.9. The number of aryl methyl sites for hydroxylation is 1. The van der Waals surface area contributed by atoms with Crippen molar-refractivity contribution in [1.82, 2.24) is 19.6 Å². The van der Waals surface area contributed by atoms with Crippen LogP contribution in [-0.4, -0.2) is 59.5 Å². The fourth-order valence-corrected chi connectivity index (χ4v) is 3.79. The molecule has 1 N–H and O–H groups in total. The van der Waals surface area contributed by atoms with Crippen LogP contribution in [0.15, 0.2) is 27.8 Å². The Morgan fingerprint density at radius 3 is 2.75 bits per heavy atom. The first-order chi connectivity index (χ1) is 13.3. The summed E-state index contributed by atoms with van der Waals surface area (Å²) in [5, 5.41) is 4.57. The number of rotatable bonds is 8. The second kappa shape index (κ2) is 12.3. The number of halogens is 1. The third kappa shape index (κ3) is 6.61. The monoisotopic (exact) mass is 518 g/mol. The highest BCUT2D eigenvalue weighted by atomic mass is 127. The van der Waals surface area contributed by atoms with Gasteiger partial charge in [-0.3, -0.25) is 4.99 Å². The number of unbranched alkanes of at least 4 members (excludes halogenated alkanes) is 1. The number of hydrogen-bond acceptors (Lipinski definition) is 6. The molecular weight excluding hydrogens is 487 g/mol. The van der Waals surface area contributed by atoms with E-state index >= 15 is 0 Å². The first-order valence-corrected chi connectivity index (χ1v) is 10.7. The minimum Gasteiger partial charge on any atom is -0.469 e. The minimum atomic E-state index is 0. The molecule has 0 bridgehead atoms. The van der Waals surface area contributed by atoms with E-state index in [1.54, 1.807) is 6.26 Å². The first-order valence-electron chi connectivity index (χ1n) is 9.93. The summed E-state index contributed by atoms with van der Waals surface area (Å²) in [5.74, 6) is 2.96. The Bertz CT molecular complexity index is 697. The molecule has 28 heavy (non-hydrogen) atoms. The Hall–Kier alpha value is -1.36. The number of aliphatic imine (C=N–C) groups is 1. The van der Waals surface area contributed by atoms with Gasteiger partial charge in [0.2, 0.25) is 5.13 Å². The van der Waals surface area contributed by atoms with Crippen LogP contribution in [0.2, 0.25) is 0 Å². The van der Waals surface area contributed by atoms with Crippen molar-refractivity contribution in [1.29, 1.82) is 0 Å². The van der Waals surface area contributed by atoms with E-state index in [9.17, 15) is 0 Å². The lowest BCUT2D eigenvalue weighted by atomic mass is 10.3. The molecule has 0 atom stereocenters. The highest BCUT2D eigenvalue weighted by Gasteiger charge is 2.22. The van der Waals surface area contributed by atoms with E-state index in [4.69, 9.17) is 9.41 Å². The highest BCUT2D eigenvalue weighted by molar-refractivity contribution is 14.0. The van der Waals surface area contributed by atoms with Gasteiger partial charge in [-0.1, -0.05) is 20.3 Å². The Labute approximate surface area is 188 Å². The third-order valence-electron chi connectivity index (χ3n) is 4.63. The third-order valence-corrected chi connectivity index (χ3v) is 5.45. The first kappa shape index (κ1) is 22.9. The van der Waals surface area contributed by atoms with E-state index in [2.05, 4.69) is 38.3 Å². The van der Waals surface area contributed by atoms with Crippen molar-refractivity contribution in [3.63, 3.8) is 0 Å². The SMILES string of the molecule is CCCCN=C(NCCc1ccco1)N1CCN(c2nc(CC)ns2)CC1.I. The topological polar surface area (TPSA) is 69.8 Å². The van der Waals surface area contributed by atoms with Gasteiger partial charge in [0.25, 0.3) is 0 Å². The standard InChI is InChI=1S/C19H30N6OS.HI/c1-3-5-9-20-18(21-10-8-16-7-6-15-26-16)24-11-13-25(14-12-24)19-22-17(4-2)23-27-19;/h6-7,15H,3-5,8-14H2,1-2H3,(H,20,21);1H. The van der Waals surface area contributed by atoms with Crippen LogP contribution in [0.1, 0.15) is 38.3 Å². The highest BCUT2D eigenvalue weighted by Crippen LogP contribution is 2.19. The summed E-state index contributed by atoms with van der Waals surface area (Å²) in [7, 11) is 0. The van der Waals surface area contributed by atoms with Crippen LogP contribution in [0.3, 0.4) is 0 Å². The molecule has 2 aromatic rings. The van der Waals surface area contributed by atoms with Gasteiger partial charge in [0.15, 0.2) is 5.96 Å². The molecule has 1 aliphatic rings. The number of furan rings is 1. The molecule has 1 saturated heterocycles. The number of piperazine rings is 1. The van der Waals surface area contributed by atoms with Gasteiger partial charge >= 0.3 is 0 Å². The van der Waals surface area contributed by atoms with Gasteiger partial charge in [0.05, 0.1) is 6.26 Å². The van der Waals surface area contributed by atoms with E-state index in [0.717, 1.165) is 87.6 Å². The molecule has 0 unspecified atom stereocenters. The van der Waals surface area contributed by atoms with Crippen LogP contribution in [-0.2, 0) is 12.8 Å². The number of nitrogens with one attached hydrogen (secondary N) is 1. The molecule has 3 rings (SSSR count). The van der Waals surface area contributed by atoms with E-state index in [0.29, 0.717) is 0 Å². The van der Waals surface area contributed by atoms with Crippen molar-refractivity contribution in [2.75, 3.05) is 44.2 Å². The fourth-order valence-electron chi connectivity index (χ4n) is 2.99. The summed E-state index contributed by atoms with van der Waals surface area (Å²) in [5.41, 5.74) is 0. The quantitative estimate of drug-likeness (QED) is 0.250. The fraction of sp³-hybridized carbons (Fsp3) is 0.632. The summed E-state index contributed by atoms with van der Waals surface area (Å²) in [6, 6.07) is 3.95. The van der Waals surface area contributed by atoms with Crippen molar-refractivity contribution in [3.8, 4) is 0 Å². The van der Waals surface area contributed by atoms with Gasteiger partial charge in [-0.15, -0.1) is 24.0 Å². The molecule has 0 spiro atoms.